The van der Waals surface area contributed by atoms with Crippen molar-refractivity contribution in [2.45, 2.75) is 19.5 Å². The van der Waals surface area contributed by atoms with E-state index < -0.39 is 5.67 Å². The zero-order chi connectivity index (χ0) is 13.3. The van der Waals surface area contributed by atoms with Crippen LogP contribution in [0.3, 0.4) is 0 Å². The molecule has 18 heavy (non-hydrogen) atoms. The number of nitrogens with one attached hydrogen (secondary N) is 3. The molecule has 1 fully saturated rings. The van der Waals surface area contributed by atoms with Crippen LogP contribution in [0.5, 0.6) is 0 Å². The van der Waals surface area contributed by atoms with Crippen molar-refractivity contribution in [1.82, 2.24) is 5.32 Å². The average Bonchev–Trinajstić information content (AvgIpc) is 2.24. The summed E-state index contributed by atoms with van der Waals surface area (Å²) in [4.78, 5) is 0. The summed E-state index contributed by atoms with van der Waals surface area (Å²) in [6.45, 7) is 4.51. The molecule has 1 aliphatic heterocycles. The van der Waals surface area contributed by atoms with Gasteiger partial charge in [-0.05, 0) is 25.5 Å². The first kappa shape index (κ1) is 12.9. The third-order valence-electron chi connectivity index (χ3n) is 3.30. The molecule has 1 aromatic rings. The highest BCUT2D eigenvalue weighted by Crippen LogP contribution is 2.25. The molecule has 3 N–H and O–H groups in total. The van der Waals surface area contributed by atoms with Crippen LogP contribution in [-0.4, -0.2) is 24.5 Å². The number of benzene rings is 1. The third-order valence-corrected chi connectivity index (χ3v) is 3.30. The molecule has 0 unspecified atom stereocenters. The first-order valence-electron chi connectivity index (χ1n) is 6.07. The summed E-state index contributed by atoms with van der Waals surface area (Å²) in [5, 5.41) is 19.1. The molecule has 0 aliphatic carbocycles. The smallest absolute Gasteiger partial charge is 0.130 e. The van der Waals surface area contributed by atoms with Crippen LogP contribution < -0.4 is 5.32 Å². The van der Waals surface area contributed by atoms with E-state index >= 15 is 0 Å². The van der Waals surface area contributed by atoms with Crippen molar-refractivity contribution in [2.75, 3.05) is 13.1 Å². The van der Waals surface area contributed by atoms with Gasteiger partial charge in [0.1, 0.15) is 5.67 Å². The Labute approximate surface area is 106 Å². The molecule has 1 saturated heterocycles. The van der Waals surface area contributed by atoms with Crippen molar-refractivity contribution in [3.8, 4) is 0 Å². The van der Waals surface area contributed by atoms with Gasteiger partial charge >= 0.3 is 0 Å². The Bertz CT molecular complexity index is 484. The Morgan fingerprint density at radius 2 is 2.00 bits per heavy atom. The van der Waals surface area contributed by atoms with Crippen LogP contribution in [0.15, 0.2) is 24.3 Å². The monoisotopic (exact) mass is 247 g/mol. The van der Waals surface area contributed by atoms with Crippen LogP contribution in [0, 0.1) is 16.7 Å². The molecule has 1 aliphatic rings. The molecule has 0 amide bonds. The lowest BCUT2D eigenvalue weighted by Crippen LogP contribution is -2.48. The summed E-state index contributed by atoms with van der Waals surface area (Å²) in [6.07, 6.45) is 0. The summed E-state index contributed by atoms with van der Waals surface area (Å²) in [5.74, 6) is 0.125. The predicted molar refractivity (Wildman–Crippen MR) is 71.5 cm³/mol. The largest absolute Gasteiger partial charge is 0.315 e. The van der Waals surface area contributed by atoms with Crippen LogP contribution in [0.2, 0.25) is 0 Å². The molecular weight excluding hydrogens is 229 g/mol. The van der Waals surface area contributed by atoms with E-state index in [1.54, 1.807) is 24.3 Å². The maximum Gasteiger partial charge on any atom is 0.130 e. The quantitative estimate of drug-likeness (QED) is 0.703. The van der Waals surface area contributed by atoms with Crippen molar-refractivity contribution in [3.63, 3.8) is 0 Å². The minimum Gasteiger partial charge on any atom is -0.315 e. The summed E-state index contributed by atoms with van der Waals surface area (Å²) < 4.78 is 13.9. The second kappa shape index (κ2) is 4.61. The van der Waals surface area contributed by atoms with Gasteiger partial charge in [0.15, 0.2) is 0 Å². The fourth-order valence-electron chi connectivity index (χ4n) is 1.90. The number of rotatable bonds is 4. The molecule has 0 bridgehead atoms. The minimum absolute atomic E-state index is 0.125. The van der Waals surface area contributed by atoms with Crippen LogP contribution >= 0.6 is 0 Å². The molecule has 0 spiro atoms. The van der Waals surface area contributed by atoms with Gasteiger partial charge in [-0.15, -0.1) is 0 Å². The molecule has 0 atom stereocenters. The highest BCUT2D eigenvalue weighted by molar-refractivity contribution is 6.47. The van der Waals surface area contributed by atoms with E-state index in [9.17, 15) is 4.39 Å². The van der Waals surface area contributed by atoms with Crippen molar-refractivity contribution < 1.29 is 4.39 Å². The molecule has 4 heteroatoms. The second-order valence-electron chi connectivity index (χ2n) is 5.20. The van der Waals surface area contributed by atoms with E-state index in [0.29, 0.717) is 16.8 Å². The average molecular weight is 247 g/mol. The second-order valence-corrected chi connectivity index (χ2v) is 5.20. The van der Waals surface area contributed by atoms with Crippen molar-refractivity contribution in [1.29, 1.82) is 10.8 Å². The Morgan fingerprint density at radius 1 is 1.33 bits per heavy atom. The van der Waals surface area contributed by atoms with Gasteiger partial charge in [-0.25, -0.2) is 4.39 Å². The molecule has 3 nitrogen and oxygen atoms in total. The van der Waals surface area contributed by atoms with E-state index in [2.05, 4.69) is 5.32 Å². The Morgan fingerprint density at radius 3 is 2.50 bits per heavy atom. The van der Waals surface area contributed by atoms with Gasteiger partial charge in [0.05, 0.1) is 11.4 Å². The van der Waals surface area contributed by atoms with Gasteiger partial charge < -0.3 is 10.7 Å². The first-order chi connectivity index (χ1) is 8.39. The maximum atomic E-state index is 13.9. The standard InChI is InChI=1S/C14H18FN3/c1-14(2,15)11-5-3-4-9(6-11)12(16)13(17)10-7-18-8-10/h3-6,10,16-18H,7-8H2,1-2H3. The Kier molecular flexibility index (Phi) is 3.30. The SMILES string of the molecule is CC(C)(F)c1cccc(C(=N)C(=N)C2CNC2)c1. The van der Waals surface area contributed by atoms with E-state index in [-0.39, 0.29) is 11.6 Å². The lowest BCUT2D eigenvalue weighted by Gasteiger charge is -2.28. The summed E-state index contributed by atoms with van der Waals surface area (Å²) in [7, 11) is 0. The normalized spacial score (nSPS) is 16.2. The zero-order valence-electron chi connectivity index (χ0n) is 10.7. The van der Waals surface area contributed by atoms with Gasteiger partial charge in [0.2, 0.25) is 0 Å². The summed E-state index contributed by atoms with van der Waals surface area (Å²) in [6, 6.07) is 6.89. The van der Waals surface area contributed by atoms with Gasteiger partial charge in [-0.3, -0.25) is 5.41 Å². The molecule has 1 heterocycles. The van der Waals surface area contributed by atoms with Gasteiger partial charge in [0, 0.05) is 24.6 Å². The van der Waals surface area contributed by atoms with E-state index in [1.807, 2.05) is 0 Å². The molecule has 1 aromatic carbocycles. The van der Waals surface area contributed by atoms with Crippen LogP contribution in [0.1, 0.15) is 25.0 Å². The minimum atomic E-state index is -1.42. The third kappa shape index (κ3) is 2.48. The lowest BCUT2D eigenvalue weighted by atomic mass is 9.89. The predicted octanol–water partition coefficient (Wildman–Crippen LogP) is 2.50. The number of halogens is 1. The van der Waals surface area contributed by atoms with Crippen LogP contribution in [0.4, 0.5) is 4.39 Å². The fraction of sp³-hybridized carbons (Fsp3) is 0.429. The van der Waals surface area contributed by atoms with E-state index in [1.165, 1.54) is 13.8 Å². The van der Waals surface area contributed by atoms with Gasteiger partial charge in [-0.1, -0.05) is 18.2 Å². The molecular formula is C14H18FN3. The maximum absolute atomic E-state index is 13.9. The fourth-order valence-corrected chi connectivity index (χ4v) is 1.90. The van der Waals surface area contributed by atoms with E-state index in [0.717, 1.165) is 13.1 Å². The first-order valence-corrected chi connectivity index (χ1v) is 6.07. The molecule has 0 aromatic heterocycles. The van der Waals surface area contributed by atoms with E-state index in [4.69, 9.17) is 10.8 Å². The van der Waals surface area contributed by atoms with Crippen molar-refractivity contribution >= 4 is 11.4 Å². The summed E-state index contributed by atoms with van der Waals surface area (Å²) in [5.41, 5.74) is 0.283. The summed E-state index contributed by atoms with van der Waals surface area (Å²) >= 11 is 0. The molecule has 0 radical (unpaired) electrons. The number of alkyl halides is 1. The number of hydrogen-bond acceptors (Lipinski definition) is 3. The van der Waals surface area contributed by atoms with Gasteiger partial charge in [0.25, 0.3) is 0 Å². The highest BCUT2D eigenvalue weighted by atomic mass is 19.1. The van der Waals surface area contributed by atoms with Crippen molar-refractivity contribution in [2.24, 2.45) is 5.92 Å². The molecule has 96 valence electrons. The molecule has 2 rings (SSSR count). The number of hydrogen-bond donors (Lipinski definition) is 3. The molecule has 0 saturated carbocycles. The zero-order valence-corrected chi connectivity index (χ0v) is 10.7. The van der Waals surface area contributed by atoms with Gasteiger partial charge in [-0.2, -0.15) is 0 Å². The lowest BCUT2D eigenvalue weighted by molar-refractivity contribution is 0.221. The Hall–Kier alpha value is -1.55. The van der Waals surface area contributed by atoms with Crippen LogP contribution in [-0.2, 0) is 5.67 Å². The van der Waals surface area contributed by atoms with Crippen LogP contribution in [0.25, 0.3) is 0 Å². The van der Waals surface area contributed by atoms with Crippen molar-refractivity contribution in [3.05, 3.63) is 35.4 Å². The highest BCUT2D eigenvalue weighted by Gasteiger charge is 2.26. The Balaban J connectivity index is 2.22. The topological polar surface area (TPSA) is 59.7 Å².